The lowest BCUT2D eigenvalue weighted by molar-refractivity contribution is 0.175. The van der Waals surface area contributed by atoms with Gasteiger partial charge in [-0.05, 0) is 25.5 Å². The standard InChI is InChI=1S/C12H19ClN2O2S/c1-3-6-15(7-8-16)12(17)14-9(2)10-4-5-11(13)18-10/h4-5,9,16H,3,6-8H2,1-2H3,(H,14,17). The molecule has 1 rings (SSSR count). The predicted octanol–water partition coefficient (Wildman–Crippen LogP) is 2.88. The second kappa shape index (κ2) is 7.61. The highest BCUT2D eigenvalue weighted by Gasteiger charge is 2.16. The van der Waals surface area contributed by atoms with Gasteiger partial charge in [-0.2, -0.15) is 0 Å². The molecule has 1 unspecified atom stereocenters. The third-order valence-electron chi connectivity index (χ3n) is 2.51. The maximum Gasteiger partial charge on any atom is 0.317 e. The number of hydrogen-bond donors (Lipinski definition) is 2. The number of nitrogens with one attached hydrogen (secondary N) is 1. The number of carbonyl (C=O) groups is 1. The van der Waals surface area contributed by atoms with E-state index in [0.29, 0.717) is 17.4 Å². The summed E-state index contributed by atoms with van der Waals surface area (Å²) in [6, 6.07) is 3.51. The van der Waals surface area contributed by atoms with Gasteiger partial charge < -0.3 is 15.3 Å². The molecule has 1 aromatic heterocycles. The van der Waals surface area contributed by atoms with Gasteiger partial charge in [-0.25, -0.2) is 4.79 Å². The molecular weight excluding hydrogens is 272 g/mol. The van der Waals surface area contributed by atoms with Gasteiger partial charge in [0.2, 0.25) is 0 Å². The molecule has 0 saturated carbocycles. The van der Waals surface area contributed by atoms with Gasteiger partial charge in [-0.1, -0.05) is 18.5 Å². The number of thiophene rings is 1. The molecule has 0 aliphatic carbocycles. The fraction of sp³-hybridized carbons (Fsp3) is 0.583. The predicted molar refractivity (Wildman–Crippen MR) is 75.2 cm³/mol. The Morgan fingerprint density at radius 2 is 2.28 bits per heavy atom. The third kappa shape index (κ3) is 4.48. The summed E-state index contributed by atoms with van der Waals surface area (Å²) in [5, 5.41) is 11.8. The molecule has 1 atom stereocenters. The number of aliphatic hydroxyl groups excluding tert-OH is 1. The van der Waals surface area contributed by atoms with Crippen LogP contribution in [0.5, 0.6) is 0 Å². The topological polar surface area (TPSA) is 52.6 Å². The lowest BCUT2D eigenvalue weighted by Crippen LogP contribution is -2.42. The van der Waals surface area contributed by atoms with Crippen LogP contribution in [0.3, 0.4) is 0 Å². The van der Waals surface area contributed by atoms with Crippen LogP contribution in [0, 0.1) is 0 Å². The molecule has 0 spiro atoms. The summed E-state index contributed by atoms with van der Waals surface area (Å²) in [5.74, 6) is 0. The van der Waals surface area contributed by atoms with Crippen LogP contribution in [-0.2, 0) is 0 Å². The highest BCUT2D eigenvalue weighted by atomic mass is 35.5. The summed E-state index contributed by atoms with van der Waals surface area (Å²) in [7, 11) is 0. The fourth-order valence-electron chi connectivity index (χ4n) is 1.61. The van der Waals surface area contributed by atoms with Crippen molar-refractivity contribution in [1.29, 1.82) is 0 Å². The van der Waals surface area contributed by atoms with Crippen LogP contribution in [0.15, 0.2) is 12.1 Å². The summed E-state index contributed by atoms with van der Waals surface area (Å²) in [6.45, 7) is 4.90. The molecule has 1 heterocycles. The minimum atomic E-state index is -0.150. The lowest BCUT2D eigenvalue weighted by Gasteiger charge is -2.23. The van der Waals surface area contributed by atoms with Crippen molar-refractivity contribution in [3.8, 4) is 0 Å². The normalized spacial score (nSPS) is 12.2. The van der Waals surface area contributed by atoms with Crippen LogP contribution >= 0.6 is 22.9 Å². The van der Waals surface area contributed by atoms with E-state index in [1.54, 1.807) is 4.90 Å². The SMILES string of the molecule is CCCN(CCO)C(=O)NC(C)c1ccc(Cl)s1. The van der Waals surface area contributed by atoms with E-state index < -0.39 is 0 Å². The molecule has 0 saturated heterocycles. The highest BCUT2D eigenvalue weighted by Crippen LogP contribution is 2.26. The molecule has 102 valence electrons. The minimum absolute atomic E-state index is 0.0212. The van der Waals surface area contributed by atoms with E-state index >= 15 is 0 Å². The van der Waals surface area contributed by atoms with Crippen LogP contribution in [-0.4, -0.2) is 35.7 Å². The van der Waals surface area contributed by atoms with Crippen molar-refractivity contribution in [3.05, 3.63) is 21.3 Å². The smallest absolute Gasteiger partial charge is 0.317 e. The number of aliphatic hydroxyl groups is 1. The van der Waals surface area contributed by atoms with E-state index in [2.05, 4.69) is 5.32 Å². The van der Waals surface area contributed by atoms with Gasteiger partial charge in [0.15, 0.2) is 0 Å². The number of amides is 2. The lowest BCUT2D eigenvalue weighted by atomic mass is 10.3. The highest BCUT2D eigenvalue weighted by molar-refractivity contribution is 7.16. The fourth-order valence-corrected chi connectivity index (χ4v) is 2.68. The Morgan fingerprint density at radius 1 is 1.56 bits per heavy atom. The summed E-state index contributed by atoms with van der Waals surface area (Å²) in [4.78, 5) is 14.6. The van der Waals surface area contributed by atoms with Crippen LogP contribution in [0.1, 0.15) is 31.2 Å². The average molecular weight is 291 g/mol. The second-order valence-corrected chi connectivity index (χ2v) is 5.77. The van der Waals surface area contributed by atoms with Gasteiger partial charge in [-0.3, -0.25) is 0 Å². The van der Waals surface area contributed by atoms with Gasteiger partial charge in [0, 0.05) is 18.0 Å². The number of nitrogens with zero attached hydrogens (tertiary/aromatic N) is 1. The molecule has 0 bridgehead atoms. The second-order valence-electron chi connectivity index (χ2n) is 4.02. The summed E-state index contributed by atoms with van der Waals surface area (Å²) in [5.41, 5.74) is 0. The van der Waals surface area contributed by atoms with Crippen molar-refractivity contribution in [2.75, 3.05) is 19.7 Å². The number of urea groups is 1. The largest absolute Gasteiger partial charge is 0.395 e. The Kier molecular flexibility index (Phi) is 6.46. The number of rotatable bonds is 6. The van der Waals surface area contributed by atoms with Crippen molar-refractivity contribution in [2.24, 2.45) is 0 Å². The van der Waals surface area contributed by atoms with Crippen molar-refractivity contribution in [1.82, 2.24) is 10.2 Å². The van der Waals surface area contributed by atoms with Crippen molar-refractivity contribution in [2.45, 2.75) is 26.3 Å². The zero-order chi connectivity index (χ0) is 13.5. The molecule has 2 amide bonds. The first kappa shape index (κ1) is 15.3. The van der Waals surface area contributed by atoms with Gasteiger partial charge in [0.25, 0.3) is 0 Å². The zero-order valence-corrected chi connectivity index (χ0v) is 12.2. The quantitative estimate of drug-likeness (QED) is 0.846. The van der Waals surface area contributed by atoms with Crippen LogP contribution in [0.25, 0.3) is 0 Å². The number of carbonyl (C=O) groups excluding carboxylic acids is 1. The van der Waals surface area contributed by atoms with E-state index in [4.69, 9.17) is 16.7 Å². The minimum Gasteiger partial charge on any atom is -0.395 e. The first-order chi connectivity index (χ1) is 8.58. The van der Waals surface area contributed by atoms with Gasteiger partial charge in [0.1, 0.15) is 0 Å². The van der Waals surface area contributed by atoms with Crippen LogP contribution < -0.4 is 5.32 Å². The van der Waals surface area contributed by atoms with Crippen molar-refractivity contribution in [3.63, 3.8) is 0 Å². The van der Waals surface area contributed by atoms with Crippen LogP contribution in [0.4, 0.5) is 4.79 Å². The number of hydrogen-bond acceptors (Lipinski definition) is 3. The molecular formula is C12H19ClN2O2S. The van der Waals surface area contributed by atoms with E-state index in [1.807, 2.05) is 26.0 Å². The summed E-state index contributed by atoms with van der Waals surface area (Å²) >= 11 is 7.32. The molecule has 0 radical (unpaired) electrons. The molecule has 0 aromatic carbocycles. The first-order valence-electron chi connectivity index (χ1n) is 6.00. The zero-order valence-electron chi connectivity index (χ0n) is 10.6. The Bertz CT molecular complexity index is 378. The Labute approximate surface area is 117 Å². The van der Waals surface area contributed by atoms with Gasteiger partial charge in [0.05, 0.1) is 17.0 Å². The van der Waals surface area contributed by atoms with E-state index in [9.17, 15) is 4.79 Å². The third-order valence-corrected chi connectivity index (χ3v) is 3.93. The van der Waals surface area contributed by atoms with Crippen molar-refractivity contribution < 1.29 is 9.90 Å². The maximum absolute atomic E-state index is 12.0. The first-order valence-corrected chi connectivity index (χ1v) is 7.19. The molecule has 0 fully saturated rings. The van der Waals surface area contributed by atoms with E-state index in [1.165, 1.54) is 11.3 Å². The van der Waals surface area contributed by atoms with E-state index in [-0.39, 0.29) is 18.7 Å². The molecule has 4 nitrogen and oxygen atoms in total. The molecule has 6 heteroatoms. The molecule has 1 aromatic rings. The maximum atomic E-state index is 12.0. The Morgan fingerprint density at radius 3 is 2.78 bits per heavy atom. The van der Waals surface area contributed by atoms with Crippen LogP contribution in [0.2, 0.25) is 4.34 Å². The molecule has 18 heavy (non-hydrogen) atoms. The van der Waals surface area contributed by atoms with Gasteiger partial charge >= 0.3 is 6.03 Å². The van der Waals surface area contributed by atoms with Crippen molar-refractivity contribution >= 4 is 29.0 Å². The van der Waals surface area contributed by atoms with Gasteiger partial charge in [-0.15, -0.1) is 11.3 Å². The summed E-state index contributed by atoms with van der Waals surface area (Å²) in [6.07, 6.45) is 0.868. The summed E-state index contributed by atoms with van der Waals surface area (Å²) < 4.78 is 0.715. The number of halogens is 1. The monoisotopic (exact) mass is 290 g/mol. The molecule has 2 N–H and O–H groups in total. The Hall–Kier alpha value is -0.780. The Balaban J connectivity index is 2.56. The molecule has 0 aliphatic heterocycles. The van der Waals surface area contributed by atoms with E-state index in [0.717, 1.165) is 11.3 Å². The molecule has 0 aliphatic rings. The average Bonchev–Trinajstić information content (AvgIpc) is 2.75.